The number of hydrogen-bond acceptors (Lipinski definition) is 3. The van der Waals surface area contributed by atoms with Crippen molar-refractivity contribution in [2.45, 2.75) is 33.8 Å². The van der Waals surface area contributed by atoms with E-state index in [2.05, 4.69) is 32.6 Å². The fourth-order valence-corrected chi connectivity index (χ4v) is 3.28. The van der Waals surface area contributed by atoms with E-state index in [4.69, 9.17) is 4.74 Å². The smallest absolute Gasteiger partial charge is 0.236 e. The molecule has 0 aliphatic carbocycles. The number of carbonyl (C=O) groups is 1. The van der Waals surface area contributed by atoms with Crippen molar-refractivity contribution in [3.8, 4) is 0 Å². The van der Waals surface area contributed by atoms with Crippen LogP contribution in [0, 0.1) is 17.7 Å². The van der Waals surface area contributed by atoms with Crippen LogP contribution in [0.2, 0.25) is 0 Å². The fourth-order valence-electron chi connectivity index (χ4n) is 3.28. The van der Waals surface area contributed by atoms with Gasteiger partial charge in [-0.05, 0) is 29.5 Å². The average molecular weight is 350 g/mol. The van der Waals surface area contributed by atoms with Crippen LogP contribution < -0.4 is 0 Å². The van der Waals surface area contributed by atoms with E-state index in [0.29, 0.717) is 38.1 Å². The number of benzene rings is 1. The van der Waals surface area contributed by atoms with Gasteiger partial charge < -0.3 is 9.64 Å². The number of morpholine rings is 1. The van der Waals surface area contributed by atoms with Gasteiger partial charge in [0, 0.05) is 19.6 Å². The van der Waals surface area contributed by atoms with Gasteiger partial charge in [-0.3, -0.25) is 9.69 Å². The number of halogens is 1. The van der Waals surface area contributed by atoms with Gasteiger partial charge in [0.05, 0.1) is 19.7 Å². The highest BCUT2D eigenvalue weighted by atomic mass is 19.1. The summed E-state index contributed by atoms with van der Waals surface area (Å²) in [4.78, 5) is 16.9. The number of amides is 1. The zero-order valence-corrected chi connectivity index (χ0v) is 15.9. The molecule has 1 atom stereocenters. The van der Waals surface area contributed by atoms with Crippen molar-refractivity contribution in [1.29, 1.82) is 0 Å². The molecule has 1 saturated heterocycles. The summed E-state index contributed by atoms with van der Waals surface area (Å²) in [7, 11) is 0. The van der Waals surface area contributed by atoms with E-state index in [0.717, 1.165) is 18.7 Å². The van der Waals surface area contributed by atoms with Gasteiger partial charge in [0.15, 0.2) is 0 Å². The third-order valence-corrected chi connectivity index (χ3v) is 4.27. The molecule has 2 rings (SSSR count). The Morgan fingerprint density at radius 3 is 2.36 bits per heavy atom. The first kappa shape index (κ1) is 19.9. The van der Waals surface area contributed by atoms with Crippen LogP contribution in [0.25, 0.3) is 0 Å². The molecule has 1 aromatic rings. The molecule has 1 amide bonds. The molecule has 0 saturated carbocycles. The van der Waals surface area contributed by atoms with E-state index in [1.165, 1.54) is 12.1 Å². The lowest BCUT2D eigenvalue weighted by Crippen LogP contribution is -2.47. The zero-order valence-electron chi connectivity index (χ0n) is 15.9. The quantitative estimate of drug-likeness (QED) is 0.756. The van der Waals surface area contributed by atoms with Gasteiger partial charge in [-0.2, -0.15) is 0 Å². The van der Waals surface area contributed by atoms with Crippen LogP contribution in [0.5, 0.6) is 0 Å². The molecule has 1 aliphatic rings. The molecular weight excluding hydrogens is 319 g/mol. The molecule has 0 bridgehead atoms. The molecule has 140 valence electrons. The topological polar surface area (TPSA) is 32.8 Å². The molecule has 1 heterocycles. The lowest BCUT2D eigenvalue weighted by Gasteiger charge is -2.35. The van der Waals surface area contributed by atoms with Gasteiger partial charge in [0.25, 0.3) is 0 Å². The maximum absolute atomic E-state index is 13.1. The Balaban J connectivity index is 1.96. The highest BCUT2D eigenvalue weighted by Gasteiger charge is 2.26. The predicted molar refractivity (Wildman–Crippen MR) is 97.8 cm³/mol. The Labute approximate surface area is 150 Å². The van der Waals surface area contributed by atoms with E-state index < -0.39 is 0 Å². The van der Waals surface area contributed by atoms with Crippen LogP contribution >= 0.6 is 0 Å². The first-order valence-corrected chi connectivity index (χ1v) is 9.22. The van der Waals surface area contributed by atoms with Crippen LogP contribution in [-0.2, 0) is 9.53 Å². The monoisotopic (exact) mass is 350 g/mol. The van der Waals surface area contributed by atoms with Gasteiger partial charge in [0.1, 0.15) is 11.9 Å². The Bertz CT molecular complexity index is 535. The molecule has 1 fully saturated rings. The van der Waals surface area contributed by atoms with Crippen LogP contribution in [0.15, 0.2) is 24.3 Å². The molecular formula is C20H31FN2O2. The molecule has 25 heavy (non-hydrogen) atoms. The minimum atomic E-state index is -0.259. The fraction of sp³-hybridized carbons (Fsp3) is 0.650. The van der Waals surface area contributed by atoms with Crippen molar-refractivity contribution >= 4 is 5.91 Å². The SMILES string of the molecule is CC(C)CN(CC(=O)N1CCOC(c2ccc(F)cc2)C1)CC(C)C. The van der Waals surface area contributed by atoms with E-state index >= 15 is 0 Å². The van der Waals surface area contributed by atoms with Crippen molar-refractivity contribution < 1.29 is 13.9 Å². The third-order valence-electron chi connectivity index (χ3n) is 4.27. The van der Waals surface area contributed by atoms with Gasteiger partial charge in [-0.25, -0.2) is 4.39 Å². The second kappa shape index (κ2) is 9.30. The van der Waals surface area contributed by atoms with E-state index in [9.17, 15) is 9.18 Å². The summed E-state index contributed by atoms with van der Waals surface area (Å²) in [6.07, 6.45) is -0.179. The first-order valence-electron chi connectivity index (χ1n) is 9.22. The molecule has 1 unspecified atom stereocenters. The lowest BCUT2D eigenvalue weighted by molar-refractivity contribution is -0.140. The van der Waals surface area contributed by atoms with Crippen LogP contribution in [-0.4, -0.2) is 55.0 Å². The minimum Gasteiger partial charge on any atom is -0.370 e. The average Bonchev–Trinajstić information content (AvgIpc) is 2.54. The standard InChI is InChI=1S/C20H31FN2O2/c1-15(2)11-22(12-16(3)4)14-20(24)23-9-10-25-19(13-23)17-5-7-18(21)8-6-17/h5-8,15-16,19H,9-14H2,1-4H3. The first-order chi connectivity index (χ1) is 11.8. The van der Waals surface area contributed by atoms with E-state index in [1.807, 2.05) is 4.90 Å². The summed E-state index contributed by atoms with van der Waals surface area (Å²) in [6, 6.07) is 6.34. The second-order valence-electron chi connectivity index (χ2n) is 7.73. The number of rotatable bonds is 7. The maximum Gasteiger partial charge on any atom is 0.236 e. The lowest BCUT2D eigenvalue weighted by atomic mass is 10.1. The molecule has 1 aliphatic heterocycles. The molecule has 5 heteroatoms. The number of nitrogens with zero attached hydrogens (tertiary/aromatic N) is 2. The highest BCUT2D eigenvalue weighted by Crippen LogP contribution is 2.22. The number of ether oxygens (including phenoxy) is 1. The molecule has 0 N–H and O–H groups in total. The van der Waals surface area contributed by atoms with Crippen molar-refractivity contribution in [3.63, 3.8) is 0 Å². The Morgan fingerprint density at radius 1 is 1.20 bits per heavy atom. The molecule has 0 spiro atoms. The van der Waals surface area contributed by atoms with Crippen molar-refractivity contribution in [3.05, 3.63) is 35.6 Å². The van der Waals surface area contributed by atoms with Crippen LogP contribution in [0.1, 0.15) is 39.4 Å². The van der Waals surface area contributed by atoms with Gasteiger partial charge >= 0.3 is 0 Å². The largest absolute Gasteiger partial charge is 0.370 e. The summed E-state index contributed by atoms with van der Waals surface area (Å²) in [5, 5.41) is 0. The summed E-state index contributed by atoms with van der Waals surface area (Å²) < 4.78 is 18.9. The minimum absolute atomic E-state index is 0.150. The van der Waals surface area contributed by atoms with Gasteiger partial charge in [-0.1, -0.05) is 39.8 Å². The predicted octanol–water partition coefficient (Wildman–Crippen LogP) is 3.34. The molecule has 0 aromatic heterocycles. The van der Waals surface area contributed by atoms with Crippen molar-refractivity contribution in [2.24, 2.45) is 11.8 Å². The zero-order chi connectivity index (χ0) is 18.4. The van der Waals surface area contributed by atoms with Crippen LogP contribution in [0.3, 0.4) is 0 Å². The Hall–Kier alpha value is -1.46. The Kier molecular flexibility index (Phi) is 7.38. The van der Waals surface area contributed by atoms with E-state index in [1.54, 1.807) is 12.1 Å². The molecule has 1 aromatic carbocycles. The third kappa shape index (κ3) is 6.40. The summed E-state index contributed by atoms with van der Waals surface area (Å²) in [6.45, 7) is 12.7. The normalized spacial score (nSPS) is 18.4. The van der Waals surface area contributed by atoms with Crippen molar-refractivity contribution in [2.75, 3.05) is 39.3 Å². The Morgan fingerprint density at radius 2 is 1.80 bits per heavy atom. The van der Waals surface area contributed by atoms with Gasteiger partial charge in [-0.15, -0.1) is 0 Å². The van der Waals surface area contributed by atoms with Crippen molar-refractivity contribution in [1.82, 2.24) is 9.80 Å². The number of carbonyl (C=O) groups excluding carboxylic acids is 1. The van der Waals surface area contributed by atoms with Crippen LogP contribution in [0.4, 0.5) is 4.39 Å². The number of hydrogen-bond donors (Lipinski definition) is 0. The molecule has 4 nitrogen and oxygen atoms in total. The highest BCUT2D eigenvalue weighted by molar-refractivity contribution is 5.78. The summed E-state index contributed by atoms with van der Waals surface area (Å²) in [5.41, 5.74) is 0.917. The molecule has 0 radical (unpaired) electrons. The summed E-state index contributed by atoms with van der Waals surface area (Å²) in [5.74, 6) is 0.952. The summed E-state index contributed by atoms with van der Waals surface area (Å²) >= 11 is 0. The second-order valence-corrected chi connectivity index (χ2v) is 7.73. The maximum atomic E-state index is 13.1. The van der Waals surface area contributed by atoms with E-state index in [-0.39, 0.29) is 17.8 Å². The van der Waals surface area contributed by atoms with Gasteiger partial charge in [0.2, 0.25) is 5.91 Å².